The van der Waals surface area contributed by atoms with Gasteiger partial charge in [-0.1, -0.05) is 30.3 Å². The molecular weight excluding hydrogens is 416 g/mol. The molecule has 1 fully saturated rings. The zero-order valence-corrected chi connectivity index (χ0v) is 18.7. The smallest absolute Gasteiger partial charge is 0.339 e. The number of carbonyl (C=O) groups is 2. The van der Waals surface area contributed by atoms with E-state index in [-0.39, 0.29) is 12.5 Å². The Balaban J connectivity index is 1.48. The number of methoxy groups -OCH3 is 1. The summed E-state index contributed by atoms with van der Waals surface area (Å²) in [6.45, 7) is 1.26. The topological polar surface area (TPSA) is 68.7 Å². The molecule has 2 heterocycles. The van der Waals surface area contributed by atoms with Gasteiger partial charge >= 0.3 is 5.97 Å². The minimum Gasteiger partial charge on any atom is -0.497 e. The number of carbonyl (C=O) groups excluding carboxylic acids is 2. The minimum atomic E-state index is -0.455. The molecule has 1 aliphatic carbocycles. The van der Waals surface area contributed by atoms with Crippen molar-refractivity contribution < 1.29 is 19.1 Å². The summed E-state index contributed by atoms with van der Waals surface area (Å²) in [5.41, 5.74) is 5.14. The third kappa shape index (κ3) is 4.21. The molecule has 2 aromatic carbocycles. The van der Waals surface area contributed by atoms with Gasteiger partial charge in [0.1, 0.15) is 5.75 Å². The highest BCUT2D eigenvalue weighted by atomic mass is 16.5. The van der Waals surface area contributed by atoms with Crippen LogP contribution in [0.2, 0.25) is 0 Å². The van der Waals surface area contributed by atoms with Crippen LogP contribution in [0.1, 0.15) is 46.4 Å². The maximum Gasteiger partial charge on any atom is 0.339 e. The van der Waals surface area contributed by atoms with Gasteiger partial charge in [0.15, 0.2) is 6.61 Å². The van der Waals surface area contributed by atoms with Crippen LogP contribution in [0.25, 0.3) is 22.6 Å². The van der Waals surface area contributed by atoms with Crippen molar-refractivity contribution in [2.45, 2.75) is 25.7 Å². The number of likely N-dealkylation sites (tertiary alicyclic amines) is 1. The van der Waals surface area contributed by atoms with Crippen molar-refractivity contribution in [1.29, 1.82) is 0 Å². The van der Waals surface area contributed by atoms with Crippen LogP contribution in [-0.2, 0) is 16.0 Å². The Morgan fingerprint density at radius 1 is 1.03 bits per heavy atom. The Morgan fingerprint density at radius 2 is 1.79 bits per heavy atom. The zero-order chi connectivity index (χ0) is 22.8. The molecule has 6 nitrogen and oxygen atoms in total. The Morgan fingerprint density at radius 3 is 2.55 bits per heavy atom. The summed E-state index contributed by atoms with van der Waals surface area (Å²) in [5, 5.41) is 0.764. The molecule has 1 saturated heterocycles. The van der Waals surface area contributed by atoms with Crippen LogP contribution in [0, 0.1) is 0 Å². The third-order valence-electron chi connectivity index (χ3n) is 6.39. The molecule has 1 aliphatic heterocycles. The Bertz CT molecular complexity index is 1240. The summed E-state index contributed by atoms with van der Waals surface area (Å²) in [4.78, 5) is 32.3. The van der Waals surface area contributed by atoms with Crippen LogP contribution < -0.4 is 4.74 Å². The maximum absolute atomic E-state index is 13.2. The largest absolute Gasteiger partial charge is 0.497 e. The number of fused-ring (bicyclic) bond motifs is 2. The molecule has 0 saturated carbocycles. The number of hydrogen-bond donors (Lipinski definition) is 0. The van der Waals surface area contributed by atoms with Gasteiger partial charge in [0, 0.05) is 18.5 Å². The van der Waals surface area contributed by atoms with Crippen LogP contribution in [0.5, 0.6) is 5.75 Å². The molecule has 0 unspecified atom stereocenters. The van der Waals surface area contributed by atoms with Crippen LogP contribution in [-0.4, -0.2) is 48.6 Å². The van der Waals surface area contributed by atoms with E-state index in [0.29, 0.717) is 12.0 Å². The monoisotopic (exact) mass is 442 g/mol. The Labute approximate surface area is 192 Å². The lowest BCUT2D eigenvalue weighted by Gasteiger charge is -2.16. The summed E-state index contributed by atoms with van der Waals surface area (Å²) in [6, 6.07) is 15.5. The number of nitrogens with zero attached hydrogens (tertiary/aromatic N) is 2. The van der Waals surface area contributed by atoms with E-state index in [2.05, 4.69) is 6.08 Å². The second-order valence-electron chi connectivity index (χ2n) is 8.44. The molecule has 2 aliphatic rings. The quantitative estimate of drug-likeness (QED) is 0.544. The number of amides is 1. The van der Waals surface area contributed by atoms with Crippen molar-refractivity contribution in [3.05, 3.63) is 70.9 Å². The van der Waals surface area contributed by atoms with Crippen LogP contribution in [0.4, 0.5) is 0 Å². The van der Waals surface area contributed by atoms with Crippen molar-refractivity contribution in [3.63, 3.8) is 0 Å². The number of hydrogen-bond acceptors (Lipinski definition) is 5. The number of rotatable bonds is 5. The highest BCUT2D eigenvalue weighted by Crippen LogP contribution is 2.38. The van der Waals surface area contributed by atoms with E-state index >= 15 is 0 Å². The van der Waals surface area contributed by atoms with Gasteiger partial charge in [0.2, 0.25) is 0 Å². The molecule has 3 aromatic rings. The molecule has 33 heavy (non-hydrogen) atoms. The Kier molecular flexibility index (Phi) is 5.82. The average Bonchev–Trinajstić information content (AvgIpc) is 3.52. The lowest BCUT2D eigenvalue weighted by atomic mass is 10.0. The summed E-state index contributed by atoms with van der Waals surface area (Å²) < 4.78 is 10.8. The molecule has 168 valence electrons. The summed E-state index contributed by atoms with van der Waals surface area (Å²) >= 11 is 0. The number of ether oxygens (including phenoxy) is 2. The van der Waals surface area contributed by atoms with E-state index in [1.807, 2.05) is 48.5 Å². The standard InChI is InChI=1S/C27H26N2O4/c1-32-20-11-8-18(9-12-20)16-19-10-13-22-25(21-6-2-3-7-23(21)28-26(19)22)27(31)33-17-24(30)29-14-4-5-15-29/h2-3,6-9,11-12,16H,4-5,10,13-15,17H2,1H3/b19-16+. The predicted molar refractivity (Wildman–Crippen MR) is 127 cm³/mol. The summed E-state index contributed by atoms with van der Waals surface area (Å²) in [5.74, 6) is 0.223. The number of esters is 1. The first kappa shape index (κ1) is 21.2. The van der Waals surface area contributed by atoms with E-state index < -0.39 is 5.97 Å². The summed E-state index contributed by atoms with van der Waals surface area (Å²) in [7, 11) is 1.65. The van der Waals surface area contributed by atoms with Gasteiger partial charge in [-0.05, 0) is 66.7 Å². The van der Waals surface area contributed by atoms with E-state index in [4.69, 9.17) is 14.5 Å². The summed E-state index contributed by atoms with van der Waals surface area (Å²) in [6.07, 6.45) is 5.62. The fraction of sp³-hybridized carbons (Fsp3) is 0.296. The van der Waals surface area contributed by atoms with Gasteiger partial charge in [0.25, 0.3) is 5.91 Å². The third-order valence-corrected chi connectivity index (χ3v) is 6.39. The molecule has 6 heteroatoms. The molecule has 0 bridgehead atoms. The Hall–Kier alpha value is -3.67. The molecule has 1 aromatic heterocycles. The normalized spacial score (nSPS) is 16.3. The maximum atomic E-state index is 13.2. The fourth-order valence-electron chi connectivity index (χ4n) is 4.67. The lowest BCUT2D eigenvalue weighted by molar-refractivity contribution is -0.133. The van der Waals surface area contributed by atoms with Crippen molar-refractivity contribution in [3.8, 4) is 5.75 Å². The minimum absolute atomic E-state index is 0.129. The van der Waals surface area contributed by atoms with Gasteiger partial charge in [0.05, 0.1) is 23.9 Å². The number of para-hydroxylation sites is 1. The van der Waals surface area contributed by atoms with E-state index in [0.717, 1.165) is 71.4 Å². The first-order chi connectivity index (χ1) is 16.1. The van der Waals surface area contributed by atoms with Gasteiger partial charge in [-0.15, -0.1) is 0 Å². The highest BCUT2D eigenvalue weighted by molar-refractivity contribution is 6.07. The molecular formula is C27H26N2O4. The van der Waals surface area contributed by atoms with Crippen molar-refractivity contribution in [2.24, 2.45) is 0 Å². The predicted octanol–water partition coefficient (Wildman–Crippen LogP) is 4.51. The van der Waals surface area contributed by atoms with E-state index in [1.165, 1.54) is 0 Å². The first-order valence-electron chi connectivity index (χ1n) is 11.4. The molecule has 1 amide bonds. The molecule has 5 rings (SSSR count). The number of aromatic nitrogens is 1. The van der Waals surface area contributed by atoms with Crippen molar-refractivity contribution in [1.82, 2.24) is 9.88 Å². The number of pyridine rings is 1. The molecule has 0 N–H and O–H groups in total. The lowest BCUT2D eigenvalue weighted by Crippen LogP contribution is -2.32. The SMILES string of the molecule is COc1ccc(/C=C2\CCc3c2nc2ccccc2c3C(=O)OCC(=O)N2CCCC2)cc1. The highest BCUT2D eigenvalue weighted by Gasteiger charge is 2.28. The van der Waals surface area contributed by atoms with E-state index in [9.17, 15) is 9.59 Å². The average molecular weight is 443 g/mol. The van der Waals surface area contributed by atoms with Gasteiger partial charge in [-0.2, -0.15) is 0 Å². The second kappa shape index (κ2) is 9.06. The van der Waals surface area contributed by atoms with E-state index in [1.54, 1.807) is 12.0 Å². The zero-order valence-electron chi connectivity index (χ0n) is 18.7. The van der Waals surface area contributed by atoms with Crippen LogP contribution in [0.15, 0.2) is 48.5 Å². The van der Waals surface area contributed by atoms with Crippen molar-refractivity contribution >= 4 is 34.4 Å². The number of allylic oxidation sites excluding steroid dienone is 1. The van der Waals surface area contributed by atoms with Gasteiger partial charge < -0.3 is 14.4 Å². The molecule has 0 radical (unpaired) electrons. The van der Waals surface area contributed by atoms with Crippen LogP contribution >= 0.6 is 0 Å². The molecule has 0 atom stereocenters. The number of benzene rings is 2. The first-order valence-corrected chi connectivity index (χ1v) is 11.4. The van der Waals surface area contributed by atoms with Gasteiger partial charge in [-0.3, -0.25) is 4.79 Å². The second-order valence-corrected chi connectivity index (χ2v) is 8.44. The molecule has 0 spiro atoms. The van der Waals surface area contributed by atoms with Gasteiger partial charge in [-0.25, -0.2) is 9.78 Å². The van der Waals surface area contributed by atoms with Crippen LogP contribution in [0.3, 0.4) is 0 Å². The fourth-order valence-corrected chi connectivity index (χ4v) is 4.67. The van der Waals surface area contributed by atoms with Crippen molar-refractivity contribution in [2.75, 3.05) is 26.8 Å².